The normalized spacial score (nSPS) is 21.1. The number of para-hydroxylation sites is 1. The summed E-state index contributed by atoms with van der Waals surface area (Å²) < 4.78 is 0. The van der Waals surface area contributed by atoms with Gasteiger partial charge >= 0.3 is 0 Å². The van der Waals surface area contributed by atoms with Gasteiger partial charge in [0.25, 0.3) is 0 Å². The van der Waals surface area contributed by atoms with Gasteiger partial charge in [0.15, 0.2) is 0 Å². The maximum Gasteiger partial charge on any atom is 0.228 e. The predicted molar refractivity (Wildman–Crippen MR) is 65.6 cm³/mol. The van der Waals surface area contributed by atoms with Gasteiger partial charge in [-0.05, 0) is 12.1 Å². The zero-order chi connectivity index (χ0) is 11.0. The Kier molecular flexibility index (Phi) is 2.80. The van der Waals surface area contributed by atoms with Crippen LogP contribution < -0.4 is 10.6 Å². The number of halogens is 1. The molecule has 1 heterocycles. The fourth-order valence-electron chi connectivity index (χ4n) is 1.72. The molecule has 1 amide bonds. The fourth-order valence-corrected chi connectivity index (χ4v) is 2.33. The summed E-state index contributed by atoms with van der Waals surface area (Å²) >= 11 is 10.3. The molecule has 3 nitrogen and oxygen atoms in total. The SMILES string of the molecule is Nc1cccc(Cl)c1N1CC(S)CC1=O. The summed E-state index contributed by atoms with van der Waals surface area (Å²) in [5.74, 6) is 0.0230. The van der Waals surface area contributed by atoms with Crippen LogP contribution in [-0.4, -0.2) is 17.7 Å². The summed E-state index contributed by atoms with van der Waals surface area (Å²) in [7, 11) is 0. The highest BCUT2D eigenvalue weighted by Gasteiger charge is 2.30. The molecule has 1 saturated heterocycles. The van der Waals surface area contributed by atoms with Crippen molar-refractivity contribution in [2.75, 3.05) is 17.2 Å². The number of anilines is 2. The van der Waals surface area contributed by atoms with E-state index in [9.17, 15) is 4.79 Å². The van der Waals surface area contributed by atoms with Crippen LogP contribution in [0.5, 0.6) is 0 Å². The van der Waals surface area contributed by atoms with Gasteiger partial charge in [-0.1, -0.05) is 17.7 Å². The molecule has 0 spiro atoms. The van der Waals surface area contributed by atoms with Crippen molar-refractivity contribution >= 4 is 41.5 Å². The Morgan fingerprint density at radius 1 is 1.53 bits per heavy atom. The molecular formula is C10H11ClN2OS. The molecular weight excluding hydrogens is 232 g/mol. The first-order valence-corrected chi connectivity index (χ1v) is 5.51. The highest BCUT2D eigenvalue weighted by molar-refractivity contribution is 7.81. The van der Waals surface area contributed by atoms with Crippen LogP contribution in [0.3, 0.4) is 0 Å². The number of nitrogens with two attached hydrogens (primary N) is 1. The number of rotatable bonds is 1. The standard InChI is InChI=1S/C10H11ClN2OS/c11-7-2-1-3-8(12)10(7)13-5-6(15)4-9(13)14/h1-3,6,15H,4-5,12H2. The maximum atomic E-state index is 11.7. The van der Waals surface area contributed by atoms with Gasteiger partial charge < -0.3 is 10.6 Å². The third kappa shape index (κ3) is 1.92. The molecule has 0 radical (unpaired) electrons. The molecule has 15 heavy (non-hydrogen) atoms. The second-order valence-corrected chi connectivity index (χ2v) is 4.68. The molecule has 1 aliphatic heterocycles. The monoisotopic (exact) mass is 242 g/mol. The highest BCUT2D eigenvalue weighted by Crippen LogP contribution is 2.35. The van der Waals surface area contributed by atoms with Crippen molar-refractivity contribution in [3.05, 3.63) is 23.2 Å². The molecule has 1 unspecified atom stereocenters. The molecule has 0 aliphatic carbocycles. The predicted octanol–water partition coefficient (Wildman–Crippen LogP) is 1.96. The maximum absolute atomic E-state index is 11.7. The molecule has 0 aromatic heterocycles. The van der Waals surface area contributed by atoms with E-state index in [4.69, 9.17) is 17.3 Å². The van der Waals surface area contributed by atoms with Crippen molar-refractivity contribution in [1.29, 1.82) is 0 Å². The van der Waals surface area contributed by atoms with E-state index in [0.29, 0.717) is 29.4 Å². The molecule has 1 fully saturated rings. The Hall–Kier alpha value is -0.870. The number of carbonyl (C=O) groups excluding carboxylic acids is 1. The summed E-state index contributed by atoms with van der Waals surface area (Å²) in [6.45, 7) is 0.565. The summed E-state index contributed by atoms with van der Waals surface area (Å²) in [4.78, 5) is 13.3. The van der Waals surface area contributed by atoms with Crippen LogP contribution in [0.4, 0.5) is 11.4 Å². The number of nitrogen functional groups attached to an aromatic ring is 1. The van der Waals surface area contributed by atoms with Crippen LogP contribution in [0.15, 0.2) is 18.2 Å². The Morgan fingerprint density at radius 3 is 2.80 bits per heavy atom. The van der Waals surface area contributed by atoms with Crippen molar-refractivity contribution in [2.45, 2.75) is 11.7 Å². The Bertz CT molecular complexity index is 390. The Balaban J connectivity index is 2.41. The lowest BCUT2D eigenvalue weighted by Gasteiger charge is -2.19. The Morgan fingerprint density at radius 2 is 2.27 bits per heavy atom. The van der Waals surface area contributed by atoms with Gasteiger partial charge in [-0.3, -0.25) is 4.79 Å². The first-order chi connectivity index (χ1) is 7.09. The van der Waals surface area contributed by atoms with Gasteiger partial charge in [-0.25, -0.2) is 0 Å². The lowest BCUT2D eigenvalue weighted by atomic mass is 10.2. The van der Waals surface area contributed by atoms with E-state index in [2.05, 4.69) is 12.6 Å². The molecule has 2 rings (SSSR count). The van der Waals surface area contributed by atoms with Gasteiger partial charge in [-0.15, -0.1) is 0 Å². The largest absolute Gasteiger partial charge is 0.397 e. The number of amides is 1. The average molecular weight is 243 g/mol. The van der Waals surface area contributed by atoms with E-state index in [0.717, 1.165) is 0 Å². The summed E-state index contributed by atoms with van der Waals surface area (Å²) in [6, 6.07) is 5.23. The topological polar surface area (TPSA) is 46.3 Å². The summed E-state index contributed by atoms with van der Waals surface area (Å²) in [5, 5.41) is 0.568. The van der Waals surface area contributed by atoms with Crippen LogP contribution in [0.25, 0.3) is 0 Å². The van der Waals surface area contributed by atoms with Crippen LogP contribution in [-0.2, 0) is 4.79 Å². The number of benzene rings is 1. The minimum Gasteiger partial charge on any atom is -0.397 e. The van der Waals surface area contributed by atoms with Crippen molar-refractivity contribution in [3.63, 3.8) is 0 Å². The first kappa shape index (κ1) is 10.6. The smallest absolute Gasteiger partial charge is 0.228 e. The number of thiol groups is 1. The number of hydrogen-bond acceptors (Lipinski definition) is 3. The molecule has 1 atom stereocenters. The fraction of sp³-hybridized carbons (Fsp3) is 0.300. The zero-order valence-electron chi connectivity index (χ0n) is 7.98. The highest BCUT2D eigenvalue weighted by atomic mass is 35.5. The van der Waals surface area contributed by atoms with Gasteiger partial charge in [0.05, 0.1) is 16.4 Å². The van der Waals surface area contributed by atoms with Gasteiger partial charge in [0.2, 0.25) is 5.91 Å². The number of nitrogens with zero attached hydrogens (tertiary/aromatic N) is 1. The van der Waals surface area contributed by atoms with Gasteiger partial charge in [-0.2, -0.15) is 12.6 Å². The Labute approximate surface area is 98.6 Å². The van der Waals surface area contributed by atoms with Crippen molar-refractivity contribution in [1.82, 2.24) is 0 Å². The molecule has 1 aromatic carbocycles. The zero-order valence-corrected chi connectivity index (χ0v) is 9.63. The van der Waals surface area contributed by atoms with E-state index >= 15 is 0 Å². The summed E-state index contributed by atoms with van der Waals surface area (Å²) in [5.41, 5.74) is 6.94. The molecule has 0 bridgehead atoms. The minimum atomic E-state index is 0.0230. The minimum absolute atomic E-state index is 0.0230. The lowest BCUT2D eigenvalue weighted by molar-refractivity contribution is -0.117. The van der Waals surface area contributed by atoms with Crippen LogP contribution in [0.2, 0.25) is 5.02 Å². The molecule has 2 N–H and O–H groups in total. The van der Waals surface area contributed by atoms with Crippen LogP contribution >= 0.6 is 24.2 Å². The van der Waals surface area contributed by atoms with Gasteiger partial charge in [0, 0.05) is 18.2 Å². The first-order valence-electron chi connectivity index (χ1n) is 4.62. The van der Waals surface area contributed by atoms with E-state index in [1.165, 1.54) is 0 Å². The molecule has 5 heteroatoms. The van der Waals surface area contributed by atoms with Crippen LogP contribution in [0, 0.1) is 0 Å². The molecule has 0 saturated carbocycles. The number of hydrogen-bond donors (Lipinski definition) is 2. The van der Waals surface area contributed by atoms with Crippen molar-refractivity contribution in [2.24, 2.45) is 0 Å². The number of carbonyl (C=O) groups is 1. The van der Waals surface area contributed by atoms with Crippen molar-refractivity contribution in [3.8, 4) is 0 Å². The van der Waals surface area contributed by atoms with E-state index in [-0.39, 0.29) is 11.2 Å². The molecule has 1 aromatic rings. The average Bonchev–Trinajstić information content (AvgIpc) is 2.45. The molecule has 1 aliphatic rings. The van der Waals surface area contributed by atoms with Gasteiger partial charge in [0.1, 0.15) is 0 Å². The molecule has 80 valence electrons. The third-order valence-corrected chi connectivity index (χ3v) is 3.04. The van der Waals surface area contributed by atoms with Crippen LogP contribution in [0.1, 0.15) is 6.42 Å². The second kappa shape index (κ2) is 3.94. The van der Waals surface area contributed by atoms with E-state index in [1.807, 2.05) is 0 Å². The van der Waals surface area contributed by atoms with E-state index in [1.54, 1.807) is 23.1 Å². The summed E-state index contributed by atoms with van der Waals surface area (Å²) in [6.07, 6.45) is 0.438. The van der Waals surface area contributed by atoms with Crippen molar-refractivity contribution < 1.29 is 4.79 Å². The lowest BCUT2D eigenvalue weighted by Crippen LogP contribution is -2.25. The quantitative estimate of drug-likeness (QED) is 0.584. The third-order valence-electron chi connectivity index (χ3n) is 2.39. The van der Waals surface area contributed by atoms with E-state index < -0.39 is 0 Å². The second-order valence-electron chi connectivity index (χ2n) is 3.54.